The average molecular weight is 266 g/mol. The van der Waals surface area contributed by atoms with Gasteiger partial charge in [0.25, 0.3) is 0 Å². The van der Waals surface area contributed by atoms with Crippen molar-refractivity contribution in [2.24, 2.45) is 5.92 Å². The summed E-state index contributed by atoms with van der Waals surface area (Å²) in [5, 5.41) is 6.42. The van der Waals surface area contributed by atoms with Crippen molar-refractivity contribution in [3.8, 4) is 0 Å². The number of fused-ring (bicyclic) bond motifs is 1. The molecule has 104 valence electrons. The summed E-state index contributed by atoms with van der Waals surface area (Å²) < 4.78 is 0. The number of benzene rings is 1. The van der Waals surface area contributed by atoms with Gasteiger partial charge in [-0.2, -0.15) is 0 Å². The van der Waals surface area contributed by atoms with E-state index < -0.39 is 0 Å². The second-order valence-electron chi connectivity index (χ2n) is 6.42. The van der Waals surface area contributed by atoms with Gasteiger partial charge in [-0.3, -0.25) is 4.98 Å². The van der Waals surface area contributed by atoms with Crippen molar-refractivity contribution >= 4 is 10.8 Å². The van der Waals surface area contributed by atoms with Gasteiger partial charge in [-0.25, -0.2) is 0 Å². The van der Waals surface area contributed by atoms with E-state index in [0.717, 1.165) is 12.0 Å². The van der Waals surface area contributed by atoms with E-state index in [4.69, 9.17) is 0 Å². The number of rotatable bonds is 4. The van der Waals surface area contributed by atoms with Gasteiger partial charge >= 0.3 is 0 Å². The summed E-state index contributed by atoms with van der Waals surface area (Å²) in [5.41, 5.74) is 1.52. The fourth-order valence-corrected chi connectivity index (χ4v) is 3.76. The minimum atomic E-state index is 0.717. The second-order valence-corrected chi connectivity index (χ2v) is 6.42. The molecule has 2 saturated carbocycles. The summed E-state index contributed by atoms with van der Waals surface area (Å²) in [5.74, 6) is 1.52. The lowest BCUT2D eigenvalue weighted by molar-refractivity contribution is 0.444. The molecule has 1 heterocycles. The zero-order chi connectivity index (χ0) is 13.4. The van der Waals surface area contributed by atoms with Gasteiger partial charge in [0.2, 0.25) is 0 Å². The normalized spacial score (nSPS) is 26.2. The zero-order valence-corrected chi connectivity index (χ0v) is 11.9. The molecule has 0 amide bonds. The van der Waals surface area contributed by atoms with Gasteiger partial charge in [-0.1, -0.05) is 24.6 Å². The SMILES string of the molecule is c1cc(C2CCCC2CNC2CC2)c2cnccc2c1. The highest BCUT2D eigenvalue weighted by Crippen LogP contribution is 2.42. The third kappa shape index (κ3) is 2.33. The van der Waals surface area contributed by atoms with Crippen LogP contribution in [0.4, 0.5) is 0 Å². The number of nitrogens with zero attached hydrogens (tertiary/aromatic N) is 1. The predicted molar refractivity (Wildman–Crippen MR) is 82.8 cm³/mol. The van der Waals surface area contributed by atoms with E-state index in [2.05, 4.69) is 34.6 Å². The summed E-state index contributed by atoms with van der Waals surface area (Å²) in [4.78, 5) is 4.34. The lowest BCUT2D eigenvalue weighted by atomic mass is 9.86. The van der Waals surface area contributed by atoms with Crippen LogP contribution in [-0.2, 0) is 0 Å². The van der Waals surface area contributed by atoms with E-state index in [1.807, 2.05) is 12.4 Å². The summed E-state index contributed by atoms with van der Waals surface area (Å²) in [6.45, 7) is 1.20. The van der Waals surface area contributed by atoms with Crippen molar-refractivity contribution in [3.63, 3.8) is 0 Å². The molecule has 0 saturated heterocycles. The van der Waals surface area contributed by atoms with Crippen LogP contribution in [0.25, 0.3) is 10.8 Å². The quantitative estimate of drug-likeness (QED) is 0.908. The van der Waals surface area contributed by atoms with Crippen LogP contribution in [-0.4, -0.2) is 17.6 Å². The van der Waals surface area contributed by atoms with Gasteiger partial charge in [0.05, 0.1) is 0 Å². The van der Waals surface area contributed by atoms with E-state index >= 15 is 0 Å². The van der Waals surface area contributed by atoms with Crippen molar-refractivity contribution in [1.82, 2.24) is 10.3 Å². The molecule has 0 bridgehead atoms. The molecule has 2 fully saturated rings. The molecule has 2 heteroatoms. The first-order valence-corrected chi connectivity index (χ1v) is 7.98. The van der Waals surface area contributed by atoms with E-state index in [-0.39, 0.29) is 0 Å². The van der Waals surface area contributed by atoms with E-state index in [0.29, 0.717) is 5.92 Å². The lowest BCUT2D eigenvalue weighted by Gasteiger charge is -2.22. The first-order valence-electron chi connectivity index (χ1n) is 7.98. The minimum Gasteiger partial charge on any atom is -0.314 e. The lowest BCUT2D eigenvalue weighted by Crippen LogP contribution is -2.26. The van der Waals surface area contributed by atoms with Gasteiger partial charge in [0.1, 0.15) is 0 Å². The van der Waals surface area contributed by atoms with Gasteiger partial charge in [-0.15, -0.1) is 0 Å². The van der Waals surface area contributed by atoms with Crippen molar-refractivity contribution < 1.29 is 0 Å². The molecule has 20 heavy (non-hydrogen) atoms. The molecule has 1 aromatic carbocycles. The summed E-state index contributed by atoms with van der Waals surface area (Å²) in [6.07, 6.45) is 10.8. The molecular formula is C18H22N2. The summed E-state index contributed by atoms with van der Waals surface area (Å²) in [7, 11) is 0. The Balaban J connectivity index is 1.63. The van der Waals surface area contributed by atoms with Crippen molar-refractivity contribution in [2.45, 2.75) is 44.1 Å². The molecule has 0 radical (unpaired) electrons. The zero-order valence-electron chi connectivity index (χ0n) is 11.9. The number of hydrogen-bond donors (Lipinski definition) is 1. The molecule has 2 aliphatic carbocycles. The Hall–Kier alpha value is -1.41. The minimum absolute atomic E-state index is 0.717. The van der Waals surface area contributed by atoms with E-state index in [1.165, 1.54) is 55.0 Å². The number of hydrogen-bond acceptors (Lipinski definition) is 2. The molecule has 1 aromatic heterocycles. The Labute approximate surface area is 120 Å². The van der Waals surface area contributed by atoms with Crippen LogP contribution < -0.4 is 5.32 Å². The molecule has 2 aliphatic rings. The standard InChI is InChI=1S/C18H22N2/c1-3-13-9-10-19-12-18(13)17(6-1)16-5-2-4-14(16)11-20-15-7-8-15/h1,3,6,9-10,12,14-16,20H,2,4-5,7-8,11H2. The number of nitrogens with one attached hydrogen (secondary N) is 1. The maximum absolute atomic E-state index is 4.34. The molecule has 0 spiro atoms. The fraction of sp³-hybridized carbons (Fsp3) is 0.500. The Bertz CT molecular complexity index is 598. The first kappa shape index (κ1) is 12.3. The molecule has 2 nitrogen and oxygen atoms in total. The van der Waals surface area contributed by atoms with Crippen LogP contribution >= 0.6 is 0 Å². The molecule has 2 unspecified atom stereocenters. The van der Waals surface area contributed by atoms with Crippen LogP contribution in [0.2, 0.25) is 0 Å². The van der Waals surface area contributed by atoms with Gasteiger partial charge in [0.15, 0.2) is 0 Å². The molecular weight excluding hydrogens is 244 g/mol. The highest BCUT2D eigenvalue weighted by atomic mass is 14.9. The molecule has 0 aliphatic heterocycles. The topological polar surface area (TPSA) is 24.9 Å². The third-order valence-corrected chi connectivity index (χ3v) is 5.02. The predicted octanol–water partition coefficient (Wildman–Crippen LogP) is 3.87. The average Bonchev–Trinajstić information content (AvgIpc) is 3.21. The maximum Gasteiger partial charge on any atom is 0.0349 e. The number of pyridine rings is 1. The number of aromatic nitrogens is 1. The molecule has 2 atom stereocenters. The summed E-state index contributed by atoms with van der Waals surface area (Å²) >= 11 is 0. The second kappa shape index (κ2) is 5.17. The van der Waals surface area contributed by atoms with Crippen molar-refractivity contribution in [1.29, 1.82) is 0 Å². The largest absolute Gasteiger partial charge is 0.314 e. The molecule has 1 N–H and O–H groups in total. The van der Waals surface area contributed by atoms with Crippen LogP contribution in [0, 0.1) is 5.92 Å². The Morgan fingerprint density at radius 3 is 2.95 bits per heavy atom. The Morgan fingerprint density at radius 2 is 2.05 bits per heavy atom. The highest BCUT2D eigenvalue weighted by molar-refractivity contribution is 5.85. The smallest absolute Gasteiger partial charge is 0.0349 e. The maximum atomic E-state index is 4.34. The molecule has 4 rings (SSSR count). The van der Waals surface area contributed by atoms with Crippen molar-refractivity contribution in [2.75, 3.05) is 6.54 Å². The van der Waals surface area contributed by atoms with Crippen LogP contribution in [0.15, 0.2) is 36.7 Å². The first-order chi connectivity index (χ1) is 9.92. The Morgan fingerprint density at radius 1 is 1.10 bits per heavy atom. The van der Waals surface area contributed by atoms with Crippen LogP contribution in [0.3, 0.4) is 0 Å². The van der Waals surface area contributed by atoms with Crippen LogP contribution in [0.5, 0.6) is 0 Å². The monoisotopic (exact) mass is 266 g/mol. The van der Waals surface area contributed by atoms with Gasteiger partial charge in [-0.05, 0) is 61.1 Å². The van der Waals surface area contributed by atoms with Crippen molar-refractivity contribution in [3.05, 3.63) is 42.2 Å². The van der Waals surface area contributed by atoms with Gasteiger partial charge < -0.3 is 5.32 Å². The molecule has 2 aromatic rings. The summed E-state index contributed by atoms with van der Waals surface area (Å²) in [6, 6.07) is 9.69. The van der Waals surface area contributed by atoms with Gasteiger partial charge in [0, 0.05) is 23.8 Å². The fourth-order valence-electron chi connectivity index (χ4n) is 3.76. The third-order valence-electron chi connectivity index (χ3n) is 5.02. The van der Waals surface area contributed by atoms with E-state index in [1.54, 1.807) is 0 Å². The highest BCUT2D eigenvalue weighted by Gasteiger charge is 2.31. The van der Waals surface area contributed by atoms with E-state index in [9.17, 15) is 0 Å². The van der Waals surface area contributed by atoms with Crippen LogP contribution in [0.1, 0.15) is 43.6 Å². The Kier molecular flexibility index (Phi) is 3.19.